The first kappa shape index (κ1) is 19.8. The number of carbonyl (C=O) groups excluding carboxylic acids is 1. The molecule has 0 bridgehead atoms. The molecule has 0 aliphatic rings. The molecule has 2 aromatic carbocycles. The number of aryl methyl sites for hydroxylation is 2. The molecule has 28 heavy (non-hydrogen) atoms. The SMILES string of the molecule is CCc1cccc(CC)c1NC(=O)CN(C)Cc1cnn(-c2ccccc2)c1. The highest BCUT2D eigenvalue weighted by atomic mass is 16.2. The predicted molar refractivity (Wildman–Crippen MR) is 114 cm³/mol. The van der Waals surface area contributed by atoms with Crippen molar-refractivity contribution in [2.45, 2.75) is 33.2 Å². The summed E-state index contributed by atoms with van der Waals surface area (Å²) in [5.74, 6) is 0.00792. The molecule has 0 aliphatic carbocycles. The number of hydrogen-bond acceptors (Lipinski definition) is 3. The van der Waals surface area contributed by atoms with Gasteiger partial charge in [-0.1, -0.05) is 50.2 Å². The number of nitrogens with one attached hydrogen (secondary N) is 1. The number of rotatable bonds is 8. The van der Waals surface area contributed by atoms with Crippen molar-refractivity contribution < 1.29 is 4.79 Å². The Morgan fingerprint density at radius 2 is 1.71 bits per heavy atom. The van der Waals surface area contributed by atoms with Crippen molar-refractivity contribution in [3.8, 4) is 5.69 Å². The molecular formula is C23H28N4O. The number of aromatic nitrogens is 2. The quantitative estimate of drug-likeness (QED) is 0.645. The zero-order chi connectivity index (χ0) is 19.9. The zero-order valence-electron chi connectivity index (χ0n) is 16.9. The lowest BCUT2D eigenvalue weighted by Crippen LogP contribution is -2.30. The Labute approximate surface area is 167 Å². The minimum absolute atomic E-state index is 0.00792. The lowest BCUT2D eigenvalue weighted by Gasteiger charge is -2.18. The van der Waals surface area contributed by atoms with Crippen LogP contribution in [0.25, 0.3) is 5.69 Å². The summed E-state index contributed by atoms with van der Waals surface area (Å²) in [4.78, 5) is 14.6. The van der Waals surface area contributed by atoms with E-state index in [0.717, 1.165) is 29.8 Å². The number of nitrogens with zero attached hydrogens (tertiary/aromatic N) is 3. The second kappa shape index (κ2) is 9.33. The number of anilines is 1. The van der Waals surface area contributed by atoms with Crippen molar-refractivity contribution in [3.05, 3.63) is 77.6 Å². The summed E-state index contributed by atoms with van der Waals surface area (Å²) in [6.07, 6.45) is 5.66. The van der Waals surface area contributed by atoms with Gasteiger partial charge in [0, 0.05) is 24.0 Å². The van der Waals surface area contributed by atoms with Crippen LogP contribution in [0.5, 0.6) is 0 Å². The van der Waals surface area contributed by atoms with Crippen molar-refractivity contribution in [1.29, 1.82) is 0 Å². The number of likely N-dealkylation sites (N-methyl/N-ethyl adjacent to an activating group) is 1. The molecule has 0 saturated carbocycles. The molecule has 1 heterocycles. The van der Waals surface area contributed by atoms with Crippen LogP contribution in [0.4, 0.5) is 5.69 Å². The van der Waals surface area contributed by atoms with Crippen LogP contribution in [0, 0.1) is 0 Å². The van der Waals surface area contributed by atoms with Gasteiger partial charge in [-0.2, -0.15) is 5.10 Å². The molecule has 0 saturated heterocycles. The van der Waals surface area contributed by atoms with E-state index in [-0.39, 0.29) is 5.91 Å². The van der Waals surface area contributed by atoms with E-state index in [1.807, 2.05) is 59.4 Å². The molecule has 5 nitrogen and oxygen atoms in total. The van der Waals surface area contributed by atoms with Gasteiger partial charge in [0.15, 0.2) is 0 Å². The first-order chi connectivity index (χ1) is 13.6. The fourth-order valence-electron chi connectivity index (χ4n) is 3.36. The molecule has 146 valence electrons. The molecule has 3 rings (SSSR count). The number of para-hydroxylation sites is 2. The highest BCUT2D eigenvalue weighted by Crippen LogP contribution is 2.22. The molecule has 1 amide bonds. The van der Waals surface area contributed by atoms with Crippen LogP contribution in [0.1, 0.15) is 30.5 Å². The molecule has 5 heteroatoms. The summed E-state index contributed by atoms with van der Waals surface area (Å²) in [5, 5.41) is 7.55. The lowest BCUT2D eigenvalue weighted by atomic mass is 10.0. The molecule has 0 spiro atoms. The van der Waals surface area contributed by atoms with Crippen molar-refractivity contribution >= 4 is 11.6 Å². The molecule has 0 atom stereocenters. The van der Waals surface area contributed by atoms with Gasteiger partial charge in [0.2, 0.25) is 5.91 Å². The van der Waals surface area contributed by atoms with Crippen molar-refractivity contribution in [2.75, 3.05) is 18.9 Å². The van der Waals surface area contributed by atoms with Crippen LogP contribution in [-0.2, 0) is 24.2 Å². The average molecular weight is 377 g/mol. The maximum Gasteiger partial charge on any atom is 0.238 e. The number of carbonyl (C=O) groups is 1. The normalized spacial score (nSPS) is 11.0. The summed E-state index contributed by atoms with van der Waals surface area (Å²) in [7, 11) is 1.95. The predicted octanol–water partition coefficient (Wildman–Crippen LogP) is 4.07. The highest BCUT2D eigenvalue weighted by Gasteiger charge is 2.13. The third-order valence-corrected chi connectivity index (χ3v) is 4.79. The van der Waals surface area contributed by atoms with Crippen LogP contribution < -0.4 is 5.32 Å². The number of benzene rings is 2. The van der Waals surface area contributed by atoms with Crippen molar-refractivity contribution in [1.82, 2.24) is 14.7 Å². The minimum Gasteiger partial charge on any atom is -0.324 e. The van der Waals surface area contributed by atoms with Crippen molar-refractivity contribution in [3.63, 3.8) is 0 Å². The molecular weight excluding hydrogens is 348 g/mol. The van der Waals surface area contributed by atoms with Gasteiger partial charge < -0.3 is 5.32 Å². The highest BCUT2D eigenvalue weighted by molar-refractivity contribution is 5.93. The van der Waals surface area contributed by atoms with Gasteiger partial charge in [-0.3, -0.25) is 9.69 Å². The van der Waals surface area contributed by atoms with Gasteiger partial charge in [0.25, 0.3) is 0 Å². The van der Waals surface area contributed by atoms with Gasteiger partial charge >= 0.3 is 0 Å². The summed E-state index contributed by atoms with van der Waals surface area (Å²) < 4.78 is 1.86. The van der Waals surface area contributed by atoms with Gasteiger partial charge in [-0.15, -0.1) is 0 Å². The third kappa shape index (κ3) is 4.87. The Balaban J connectivity index is 1.61. The Morgan fingerprint density at radius 1 is 1.04 bits per heavy atom. The van der Waals surface area contributed by atoms with E-state index in [9.17, 15) is 4.79 Å². The summed E-state index contributed by atoms with van der Waals surface area (Å²) in [6.45, 7) is 5.22. The molecule has 0 aliphatic heterocycles. The van der Waals surface area contributed by atoms with E-state index in [0.29, 0.717) is 13.1 Å². The van der Waals surface area contributed by atoms with E-state index in [1.165, 1.54) is 11.1 Å². The van der Waals surface area contributed by atoms with Crippen LogP contribution in [0.3, 0.4) is 0 Å². The second-order valence-electron chi connectivity index (χ2n) is 7.01. The minimum atomic E-state index is 0.00792. The fourth-order valence-corrected chi connectivity index (χ4v) is 3.36. The smallest absolute Gasteiger partial charge is 0.238 e. The largest absolute Gasteiger partial charge is 0.324 e. The van der Waals surface area contributed by atoms with E-state index >= 15 is 0 Å². The summed E-state index contributed by atoms with van der Waals surface area (Å²) >= 11 is 0. The molecule has 0 unspecified atom stereocenters. The molecule has 1 aromatic heterocycles. The summed E-state index contributed by atoms with van der Waals surface area (Å²) in [5.41, 5.74) is 5.43. The van der Waals surface area contributed by atoms with Gasteiger partial charge in [0.05, 0.1) is 18.4 Å². The van der Waals surface area contributed by atoms with Crippen LogP contribution in [0.15, 0.2) is 60.9 Å². The first-order valence-electron chi connectivity index (χ1n) is 9.78. The molecule has 1 N–H and O–H groups in total. The van der Waals surface area contributed by atoms with Crippen LogP contribution in [-0.4, -0.2) is 34.2 Å². The Kier molecular flexibility index (Phi) is 6.61. The molecule has 0 fully saturated rings. The van der Waals surface area contributed by atoms with Gasteiger partial charge in [-0.05, 0) is 43.1 Å². The van der Waals surface area contributed by atoms with Crippen LogP contribution >= 0.6 is 0 Å². The third-order valence-electron chi connectivity index (χ3n) is 4.79. The zero-order valence-corrected chi connectivity index (χ0v) is 16.9. The van der Waals surface area contributed by atoms with Gasteiger partial charge in [-0.25, -0.2) is 4.68 Å². The second-order valence-corrected chi connectivity index (χ2v) is 7.01. The number of hydrogen-bond donors (Lipinski definition) is 1. The monoisotopic (exact) mass is 376 g/mol. The fraction of sp³-hybridized carbons (Fsp3) is 0.304. The lowest BCUT2D eigenvalue weighted by molar-refractivity contribution is -0.117. The Bertz CT molecular complexity index is 895. The molecule has 0 radical (unpaired) electrons. The summed E-state index contributed by atoms with van der Waals surface area (Å²) in [6, 6.07) is 16.2. The van der Waals surface area contributed by atoms with E-state index in [1.54, 1.807) is 0 Å². The van der Waals surface area contributed by atoms with Gasteiger partial charge in [0.1, 0.15) is 0 Å². The van der Waals surface area contributed by atoms with Crippen LogP contribution in [0.2, 0.25) is 0 Å². The Morgan fingerprint density at radius 3 is 2.36 bits per heavy atom. The van der Waals surface area contributed by atoms with E-state index in [2.05, 4.69) is 42.5 Å². The molecule has 3 aromatic rings. The Hall–Kier alpha value is -2.92. The maximum absolute atomic E-state index is 12.6. The van der Waals surface area contributed by atoms with E-state index < -0.39 is 0 Å². The standard InChI is InChI=1S/C23H28N4O/c1-4-19-10-9-11-20(5-2)23(19)25-22(28)17-26(3)15-18-14-24-27(16-18)21-12-7-6-8-13-21/h6-14,16H,4-5,15,17H2,1-3H3,(H,25,28). The van der Waals surface area contributed by atoms with E-state index in [4.69, 9.17) is 0 Å². The number of amides is 1. The topological polar surface area (TPSA) is 50.2 Å². The maximum atomic E-state index is 12.6. The van der Waals surface area contributed by atoms with Crippen molar-refractivity contribution in [2.24, 2.45) is 0 Å². The first-order valence-corrected chi connectivity index (χ1v) is 9.78. The average Bonchev–Trinajstić information content (AvgIpc) is 3.17.